The quantitative estimate of drug-likeness (QED) is 0.337. The van der Waals surface area contributed by atoms with Gasteiger partial charge in [-0.3, -0.25) is 16.0 Å². The standard InChI is InChI=1S/C13H22N4/c1-5-6-7-8-12(15-14)9-13-10(2)16-17(4)11(13)3/h1,12,15H,6-9,14H2,2-4H3. The van der Waals surface area contributed by atoms with Crippen molar-refractivity contribution in [1.29, 1.82) is 0 Å². The number of hydrazine groups is 1. The second kappa shape index (κ2) is 6.43. The molecule has 0 fully saturated rings. The molecule has 0 aromatic carbocycles. The molecule has 0 amide bonds. The van der Waals surface area contributed by atoms with Gasteiger partial charge >= 0.3 is 0 Å². The number of nitrogens with one attached hydrogen (secondary N) is 1. The number of rotatable bonds is 6. The van der Waals surface area contributed by atoms with E-state index >= 15 is 0 Å². The van der Waals surface area contributed by atoms with Crippen molar-refractivity contribution in [1.82, 2.24) is 15.2 Å². The summed E-state index contributed by atoms with van der Waals surface area (Å²) in [7, 11) is 1.97. The normalized spacial score (nSPS) is 12.4. The Labute approximate surface area is 104 Å². The Balaban J connectivity index is 2.64. The molecule has 94 valence electrons. The largest absolute Gasteiger partial charge is 0.272 e. The van der Waals surface area contributed by atoms with Crippen LogP contribution < -0.4 is 11.3 Å². The predicted octanol–water partition coefficient (Wildman–Crippen LogP) is 1.21. The van der Waals surface area contributed by atoms with Crippen molar-refractivity contribution in [2.24, 2.45) is 12.9 Å². The highest BCUT2D eigenvalue weighted by Gasteiger charge is 2.14. The molecule has 0 radical (unpaired) electrons. The van der Waals surface area contributed by atoms with E-state index in [0.717, 1.165) is 31.4 Å². The highest BCUT2D eigenvalue weighted by molar-refractivity contribution is 5.25. The van der Waals surface area contributed by atoms with Crippen LogP contribution >= 0.6 is 0 Å². The van der Waals surface area contributed by atoms with Gasteiger partial charge in [0.05, 0.1) is 5.69 Å². The number of unbranched alkanes of at least 4 members (excludes halogenated alkanes) is 1. The van der Waals surface area contributed by atoms with Crippen molar-refractivity contribution >= 4 is 0 Å². The van der Waals surface area contributed by atoms with Crippen LogP contribution in [-0.2, 0) is 13.5 Å². The van der Waals surface area contributed by atoms with Gasteiger partial charge in [-0.15, -0.1) is 12.3 Å². The molecule has 1 atom stereocenters. The van der Waals surface area contributed by atoms with Crippen LogP contribution in [0.5, 0.6) is 0 Å². The summed E-state index contributed by atoms with van der Waals surface area (Å²) in [6.07, 6.45) is 8.96. The summed E-state index contributed by atoms with van der Waals surface area (Å²) in [5.74, 6) is 8.23. The second-order valence-electron chi connectivity index (χ2n) is 4.44. The van der Waals surface area contributed by atoms with Gasteiger partial charge in [-0.05, 0) is 38.7 Å². The molecule has 0 bridgehead atoms. The molecule has 1 unspecified atom stereocenters. The molecule has 1 aromatic heterocycles. The molecular formula is C13H22N4. The maximum atomic E-state index is 5.58. The van der Waals surface area contributed by atoms with E-state index < -0.39 is 0 Å². The van der Waals surface area contributed by atoms with Gasteiger partial charge in [0, 0.05) is 25.2 Å². The van der Waals surface area contributed by atoms with Gasteiger partial charge in [0.15, 0.2) is 0 Å². The molecule has 0 saturated heterocycles. The lowest BCUT2D eigenvalue weighted by molar-refractivity contribution is 0.478. The molecule has 0 aliphatic rings. The Morgan fingerprint density at radius 2 is 2.24 bits per heavy atom. The lowest BCUT2D eigenvalue weighted by Gasteiger charge is -2.15. The highest BCUT2D eigenvalue weighted by Crippen LogP contribution is 2.16. The van der Waals surface area contributed by atoms with E-state index in [1.165, 1.54) is 11.3 Å². The van der Waals surface area contributed by atoms with Crippen molar-refractivity contribution in [3.63, 3.8) is 0 Å². The van der Waals surface area contributed by atoms with Gasteiger partial charge in [0.2, 0.25) is 0 Å². The first kappa shape index (κ1) is 13.8. The lowest BCUT2D eigenvalue weighted by atomic mass is 10.00. The van der Waals surface area contributed by atoms with Crippen LogP contribution in [0.25, 0.3) is 0 Å². The summed E-state index contributed by atoms with van der Waals surface area (Å²) in [5, 5.41) is 4.41. The van der Waals surface area contributed by atoms with Crippen LogP contribution in [0, 0.1) is 26.2 Å². The van der Waals surface area contributed by atoms with E-state index in [-0.39, 0.29) is 6.04 Å². The number of aromatic nitrogens is 2. The summed E-state index contributed by atoms with van der Waals surface area (Å²) < 4.78 is 1.92. The summed E-state index contributed by atoms with van der Waals surface area (Å²) in [4.78, 5) is 0. The summed E-state index contributed by atoms with van der Waals surface area (Å²) in [5.41, 5.74) is 6.45. The molecule has 0 aliphatic heterocycles. The van der Waals surface area contributed by atoms with E-state index in [0.29, 0.717) is 0 Å². The summed E-state index contributed by atoms with van der Waals surface area (Å²) in [6.45, 7) is 4.13. The molecular weight excluding hydrogens is 212 g/mol. The van der Waals surface area contributed by atoms with Crippen LogP contribution in [0.3, 0.4) is 0 Å². The van der Waals surface area contributed by atoms with Crippen LogP contribution in [0.1, 0.15) is 36.2 Å². The lowest BCUT2D eigenvalue weighted by Crippen LogP contribution is -2.37. The topological polar surface area (TPSA) is 55.9 Å². The third kappa shape index (κ3) is 3.58. The highest BCUT2D eigenvalue weighted by atomic mass is 15.3. The minimum Gasteiger partial charge on any atom is -0.272 e. The van der Waals surface area contributed by atoms with Crippen molar-refractivity contribution < 1.29 is 0 Å². The summed E-state index contributed by atoms with van der Waals surface area (Å²) in [6, 6.07) is 0.268. The minimum atomic E-state index is 0.268. The third-order valence-corrected chi connectivity index (χ3v) is 3.22. The van der Waals surface area contributed by atoms with Gasteiger partial charge in [-0.25, -0.2) is 0 Å². The first-order valence-corrected chi connectivity index (χ1v) is 5.98. The maximum absolute atomic E-state index is 5.58. The van der Waals surface area contributed by atoms with Gasteiger partial charge < -0.3 is 0 Å². The first-order valence-electron chi connectivity index (χ1n) is 5.98. The van der Waals surface area contributed by atoms with Gasteiger partial charge in [0.1, 0.15) is 0 Å². The Morgan fingerprint density at radius 1 is 1.53 bits per heavy atom. The van der Waals surface area contributed by atoms with Crippen LogP contribution in [0.2, 0.25) is 0 Å². The van der Waals surface area contributed by atoms with E-state index in [4.69, 9.17) is 12.3 Å². The monoisotopic (exact) mass is 234 g/mol. The van der Waals surface area contributed by atoms with Gasteiger partial charge in [-0.1, -0.05) is 0 Å². The Kier molecular flexibility index (Phi) is 5.20. The average Bonchev–Trinajstić information content (AvgIpc) is 2.54. The number of aryl methyl sites for hydroxylation is 2. The summed E-state index contributed by atoms with van der Waals surface area (Å²) >= 11 is 0. The van der Waals surface area contributed by atoms with E-state index in [1.807, 2.05) is 18.7 Å². The van der Waals surface area contributed by atoms with Crippen molar-refractivity contribution in [3.8, 4) is 12.3 Å². The predicted molar refractivity (Wildman–Crippen MR) is 70.2 cm³/mol. The van der Waals surface area contributed by atoms with Crippen LogP contribution in [0.15, 0.2) is 0 Å². The third-order valence-electron chi connectivity index (χ3n) is 3.22. The Bertz CT molecular complexity index is 400. The average molecular weight is 234 g/mol. The zero-order valence-corrected chi connectivity index (χ0v) is 11.0. The van der Waals surface area contributed by atoms with Crippen molar-refractivity contribution in [2.45, 2.75) is 45.6 Å². The molecule has 17 heavy (non-hydrogen) atoms. The molecule has 4 heteroatoms. The second-order valence-corrected chi connectivity index (χ2v) is 4.44. The fourth-order valence-corrected chi connectivity index (χ4v) is 2.05. The fraction of sp³-hybridized carbons (Fsp3) is 0.615. The Morgan fingerprint density at radius 3 is 2.71 bits per heavy atom. The van der Waals surface area contributed by atoms with Gasteiger partial charge in [0.25, 0.3) is 0 Å². The minimum absolute atomic E-state index is 0.268. The van der Waals surface area contributed by atoms with Gasteiger partial charge in [-0.2, -0.15) is 5.10 Å². The molecule has 1 rings (SSSR count). The van der Waals surface area contributed by atoms with E-state index in [9.17, 15) is 0 Å². The van der Waals surface area contributed by atoms with Crippen LogP contribution in [-0.4, -0.2) is 15.8 Å². The number of nitrogens with two attached hydrogens (primary N) is 1. The van der Waals surface area contributed by atoms with Crippen molar-refractivity contribution in [2.75, 3.05) is 0 Å². The number of nitrogens with zero attached hydrogens (tertiary/aromatic N) is 2. The molecule has 0 spiro atoms. The molecule has 0 saturated carbocycles. The van der Waals surface area contributed by atoms with Crippen LogP contribution in [0.4, 0.5) is 0 Å². The smallest absolute Gasteiger partial charge is 0.0628 e. The first-order chi connectivity index (χ1) is 8.10. The fourth-order valence-electron chi connectivity index (χ4n) is 2.05. The molecule has 1 aromatic rings. The molecule has 4 nitrogen and oxygen atoms in total. The number of terminal acetylenes is 1. The maximum Gasteiger partial charge on any atom is 0.0628 e. The SMILES string of the molecule is C#CCCCC(Cc1c(C)nn(C)c1C)NN. The zero-order valence-electron chi connectivity index (χ0n) is 11.0. The Hall–Kier alpha value is -1.31. The van der Waals surface area contributed by atoms with E-state index in [2.05, 4.69) is 23.4 Å². The number of hydrogen-bond acceptors (Lipinski definition) is 3. The molecule has 3 N–H and O–H groups in total. The molecule has 0 aliphatic carbocycles. The van der Waals surface area contributed by atoms with E-state index in [1.54, 1.807) is 0 Å². The molecule has 1 heterocycles. The van der Waals surface area contributed by atoms with Crippen molar-refractivity contribution in [3.05, 3.63) is 17.0 Å². The zero-order chi connectivity index (χ0) is 12.8. The number of hydrogen-bond donors (Lipinski definition) is 2.